The SMILES string of the molecule is Fc1cccc(F)c1N(c1ccccc1)c1cc2c3c(c1)N(c1c(F)cccc1F)c1ccccc1B3c1cc3c(cc1S2)N(c1ccc(C(F)(F)F)cc1)c1cc(N(c2ccccc2)c2c(F)cccc2F)cc2c1B3c1ccccc1N2c1c(F)cccc1F. The summed E-state index contributed by atoms with van der Waals surface area (Å²) < 4.78 is 178. The van der Waals surface area contributed by atoms with Crippen molar-refractivity contribution in [1.82, 2.24) is 0 Å². The highest BCUT2D eigenvalue weighted by atomic mass is 32.2. The fourth-order valence-electron chi connectivity index (χ4n) is 13.7. The van der Waals surface area contributed by atoms with E-state index in [9.17, 15) is 13.2 Å². The van der Waals surface area contributed by atoms with Crippen molar-refractivity contribution in [1.29, 1.82) is 0 Å². The van der Waals surface area contributed by atoms with Gasteiger partial charge in [-0.05, 0) is 167 Å². The number of anilines is 15. The summed E-state index contributed by atoms with van der Waals surface area (Å²) in [6.45, 7) is -1.64. The lowest BCUT2D eigenvalue weighted by Crippen LogP contribution is -2.64. The first kappa shape index (κ1) is 56.6. The van der Waals surface area contributed by atoms with Crippen LogP contribution in [-0.4, -0.2) is 13.4 Å². The van der Waals surface area contributed by atoms with Crippen LogP contribution in [-0.2, 0) is 6.18 Å². The van der Waals surface area contributed by atoms with Crippen molar-refractivity contribution in [3.8, 4) is 0 Å². The third-order valence-corrected chi connectivity index (χ3v) is 18.5. The van der Waals surface area contributed by atoms with E-state index in [4.69, 9.17) is 0 Å². The molecule has 0 saturated heterocycles. The van der Waals surface area contributed by atoms with Gasteiger partial charge < -0.3 is 24.5 Å². The molecule has 0 fully saturated rings. The third-order valence-electron chi connectivity index (χ3n) is 17.4. The minimum absolute atomic E-state index is 0.0828. The van der Waals surface area contributed by atoms with Gasteiger partial charge >= 0.3 is 6.18 Å². The van der Waals surface area contributed by atoms with E-state index in [1.54, 1.807) is 126 Å². The smallest absolute Gasteiger partial charge is 0.311 e. The predicted octanol–water partition coefficient (Wildman–Crippen LogP) is 17.6. The Kier molecular flexibility index (Phi) is 13.2. The number of halogens is 11. The van der Waals surface area contributed by atoms with Crippen LogP contribution < -0.4 is 57.3 Å². The van der Waals surface area contributed by atoms with E-state index in [0.29, 0.717) is 65.3 Å². The molecule has 4 heterocycles. The summed E-state index contributed by atoms with van der Waals surface area (Å²) in [4.78, 5) is 8.46. The monoisotopic (exact) mass is 1250 g/mol. The molecule has 446 valence electrons. The number of hydrogen-bond acceptors (Lipinski definition) is 6. The number of fused-ring (bicyclic) bond motifs is 8. The topological polar surface area (TPSA) is 16.2 Å². The van der Waals surface area contributed by atoms with E-state index in [0.717, 1.165) is 60.7 Å². The summed E-state index contributed by atoms with van der Waals surface area (Å²) in [6.07, 6.45) is -4.77. The van der Waals surface area contributed by atoms with E-state index in [2.05, 4.69) is 0 Å². The second kappa shape index (κ2) is 21.5. The highest BCUT2D eigenvalue weighted by molar-refractivity contribution is 8.00. The largest absolute Gasteiger partial charge is 0.416 e. The molecule has 0 aliphatic carbocycles. The Bertz CT molecular complexity index is 4940. The van der Waals surface area contributed by atoms with Gasteiger partial charge in [0.1, 0.15) is 69.3 Å². The van der Waals surface area contributed by atoms with Gasteiger partial charge in [0.15, 0.2) is 0 Å². The van der Waals surface area contributed by atoms with Gasteiger partial charge in [-0.2, -0.15) is 13.2 Å². The second-order valence-electron chi connectivity index (χ2n) is 22.5. The average molecular weight is 1250 g/mol. The molecule has 16 rings (SSSR count). The van der Waals surface area contributed by atoms with Crippen LogP contribution in [0.2, 0.25) is 0 Å². The summed E-state index contributed by atoms with van der Waals surface area (Å²) in [7, 11) is 0. The standard InChI is InChI=1S/C73H40B2F11N5S/c76-51-21-11-22-52(77)69(51)87(42-15-3-1-4-16-42)45-35-62-67-63(36-45)90(71-55(80)25-13-26-56(71)81)59-29-9-7-19-47(59)74(67)49-39-50-65(40-61(49)89(62)44-33-31-41(32-34-44)73(84,85)86)92-66-38-46(88(43-17-5-2-6-18-43)70-53(78)23-12-24-54(70)79)37-64-68(66)75(50)48-20-8-10-30-60(48)91(64)72-57(82)27-14-28-58(72)83/h1-40H. The second-order valence-corrected chi connectivity index (χ2v) is 23.6. The van der Waals surface area contributed by atoms with Crippen LogP contribution in [0.15, 0.2) is 252 Å². The number of hydrogen-bond donors (Lipinski definition) is 0. The molecule has 0 N–H and O–H groups in total. The first-order chi connectivity index (χ1) is 44.6. The molecule has 12 aromatic carbocycles. The third kappa shape index (κ3) is 8.79. The van der Waals surface area contributed by atoms with Crippen molar-refractivity contribution < 1.29 is 48.3 Å². The maximum atomic E-state index is 17.0. The maximum absolute atomic E-state index is 17.0. The Morgan fingerprint density at radius 3 is 1.17 bits per heavy atom. The maximum Gasteiger partial charge on any atom is 0.416 e. The van der Waals surface area contributed by atoms with Gasteiger partial charge in [0.25, 0.3) is 6.71 Å². The Labute approximate surface area is 524 Å². The lowest BCUT2D eigenvalue weighted by Gasteiger charge is -2.46. The molecule has 0 amide bonds. The lowest BCUT2D eigenvalue weighted by molar-refractivity contribution is -0.137. The fourth-order valence-corrected chi connectivity index (χ4v) is 14.9. The van der Waals surface area contributed by atoms with Gasteiger partial charge in [-0.25, -0.2) is 35.1 Å². The Hall–Kier alpha value is -10.7. The van der Waals surface area contributed by atoms with Crippen molar-refractivity contribution in [2.24, 2.45) is 0 Å². The van der Waals surface area contributed by atoms with Crippen molar-refractivity contribution in [3.05, 3.63) is 295 Å². The molecular formula is C73H40B2F11N5S. The van der Waals surface area contributed by atoms with Crippen molar-refractivity contribution in [3.63, 3.8) is 0 Å². The van der Waals surface area contributed by atoms with Crippen LogP contribution in [0.4, 0.5) is 134 Å². The molecule has 4 aliphatic rings. The van der Waals surface area contributed by atoms with Crippen molar-refractivity contribution >= 4 is 143 Å². The van der Waals surface area contributed by atoms with Crippen LogP contribution in [0.5, 0.6) is 0 Å². The van der Waals surface area contributed by atoms with Crippen molar-refractivity contribution in [2.45, 2.75) is 16.0 Å². The quantitative estimate of drug-likeness (QED) is 0.105. The van der Waals surface area contributed by atoms with E-state index in [1.165, 1.54) is 67.8 Å². The summed E-state index contributed by atoms with van der Waals surface area (Å²) in [5.74, 6) is -7.44. The fraction of sp³-hybridized carbons (Fsp3) is 0.0137. The normalized spacial score (nSPS) is 13.2. The summed E-state index contributed by atoms with van der Waals surface area (Å²) in [5, 5.41) is 0. The number of nitrogens with zero attached hydrogens (tertiary/aromatic N) is 5. The van der Waals surface area contributed by atoms with Gasteiger partial charge in [-0.15, -0.1) is 0 Å². The number of rotatable bonds is 9. The van der Waals surface area contributed by atoms with Gasteiger partial charge in [-0.1, -0.05) is 120 Å². The van der Waals surface area contributed by atoms with E-state index in [1.807, 2.05) is 24.3 Å². The van der Waals surface area contributed by atoms with Crippen LogP contribution in [0.25, 0.3) is 0 Å². The molecule has 5 nitrogen and oxygen atoms in total. The molecule has 0 radical (unpaired) electrons. The first-order valence-corrected chi connectivity index (χ1v) is 29.9. The molecule has 4 aliphatic heterocycles. The van der Waals surface area contributed by atoms with Crippen LogP contribution >= 0.6 is 11.8 Å². The highest BCUT2D eigenvalue weighted by Gasteiger charge is 2.49. The van der Waals surface area contributed by atoms with Gasteiger partial charge in [0.05, 0.1) is 11.3 Å². The Morgan fingerprint density at radius 1 is 0.304 bits per heavy atom. The first-order valence-electron chi connectivity index (χ1n) is 29.1. The summed E-state index contributed by atoms with van der Waals surface area (Å²) in [5.41, 5.74) is 3.42. The predicted molar refractivity (Wildman–Crippen MR) is 344 cm³/mol. The van der Waals surface area contributed by atoms with Crippen LogP contribution in [0.3, 0.4) is 0 Å². The zero-order chi connectivity index (χ0) is 63.0. The molecule has 0 unspecified atom stereocenters. The molecule has 0 saturated carbocycles. The Balaban J connectivity index is 1.02. The van der Waals surface area contributed by atoms with Crippen LogP contribution in [0.1, 0.15) is 5.56 Å². The van der Waals surface area contributed by atoms with Crippen molar-refractivity contribution in [2.75, 3.05) is 24.5 Å². The lowest BCUT2D eigenvalue weighted by atomic mass is 9.31. The minimum atomic E-state index is -4.77. The molecule has 0 spiro atoms. The number of alkyl halides is 3. The van der Waals surface area contributed by atoms with Gasteiger partial charge in [0.2, 0.25) is 6.71 Å². The molecule has 0 atom stereocenters. The molecule has 92 heavy (non-hydrogen) atoms. The molecular weight excluding hydrogens is 1210 g/mol. The molecule has 19 heteroatoms. The molecule has 0 bridgehead atoms. The highest BCUT2D eigenvalue weighted by Crippen LogP contribution is 2.53. The van der Waals surface area contributed by atoms with E-state index in [-0.39, 0.29) is 39.8 Å². The number of benzene rings is 12. The molecule has 0 aromatic heterocycles. The zero-order valence-corrected chi connectivity index (χ0v) is 48.4. The Morgan fingerprint density at radius 2 is 0.707 bits per heavy atom. The minimum Gasteiger partial charge on any atom is -0.311 e. The van der Waals surface area contributed by atoms with Crippen LogP contribution in [0, 0.1) is 46.5 Å². The number of para-hydroxylation sites is 8. The van der Waals surface area contributed by atoms with E-state index < -0.39 is 94.5 Å². The molecule has 12 aromatic rings. The van der Waals surface area contributed by atoms with Gasteiger partial charge in [0, 0.05) is 66.7 Å². The summed E-state index contributed by atoms with van der Waals surface area (Å²) in [6, 6.07) is 59.9. The van der Waals surface area contributed by atoms with Gasteiger partial charge in [-0.3, -0.25) is 0 Å². The van der Waals surface area contributed by atoms with E-state index >= 15 is 35.1 Å². The average Bonchev–Trinajstić information content (AvgIpc) is 0.693. The summed E-state index contributed by atoms with van der Waals surface area (Å²) >= 11 is 1.25. The zero-order valence-electron chi connectivity index (χ0n) is 47.6.